The molecular formula is C8H8Br2. The molecule has 0 aromatic rings. The molecule has 54 valence electrons. The van der Waals surface area contributed by atoms with Crippen LogP contribution in [-0.2, 0) is 0 Å². The van der Waals surface area contributed by atoms with Crippen LogP contribution in [0.15, 0.2) is 24.3 Å². The van der Waals surface area contributed by atoms with Crippen LogP contribution in [0.5, 0.6) is 0 Å². The highest BCUT2D eigenvalue weighted by atomic mass is 79.9. The molecule has 2 aliphatic rings. The molecule has 0 saturated heterocycles. The first-order valence-corrected chi connectivity index (χ1v) is 5.27. The van der Waals surface area contributed by atoms with Gasteiger partial charge >= 0.3 is 0 Å². The van der Waals surface area contributed by atoms with E-state index in [9.17, 15) is 0 Å². The van der Waals surface area contributed by atoms with Gasteiger partial charge in [-0.05, 0) is 11.8 Å². The maximum atomic E-state index is 3.64. The third-order valence-corrected chi connectivity index (χ3v) is 5.33. The van der Waals surface area contributed by atoms with Crippen LogP contribution in [0.25, 0.3) is 0 Å². The van der Waals surface area contributed by atoms with Crippen molar-refractivity contribution in [2.45, 2.75) is 9.65 Å². The predicted molar refractivity (Wildman–Crippen MR) is 50.7 cm³/mol. The predicted octanol–water partition coefficient (Wildman–Crippen LogP) is 2.89. The van der Waals surface area contributed by atoms with Gasteiger partial charge in [-0.2, -0.15) is 0 Å². The second-order valence-electron chi connectivity index (χ2n) is 2.81. The number of rotatable bonds is 0. The number of hydrogen-bond acceptors (Lipinski definition) is 0. The van der Waals surface area contributed by atoms with Gasteiger partial charge in [-0.3, -0.25) is 0 Å². The summed E-state index contributed by atoms with van der Waals surface area (Å²) in [6, 6.07) is 0. The van der Waals surface area contributed by atoms with Gasteiger partial charge in [0.2, 0.25) is 0 Å². The number of halogens is 2. The summed E-state index contributed by atoms with van der Waals surface area (Å²) < 4.78 is 0. The minimum absolute atomic E-state index is 0.638. The van der Waals surface area contributed by atoms with Gasteiger partial charge in [-0.15, -0.1) is 0 Å². The Balaban J connectivity index is 2.17. The van der Waals surface area contributed by atoms with Gasteiger partial charge in [-0.1, -0.05) is 56.2 Å². The van der Waals surface area contributed by atoms with Crippen molar-refractivity contribution in [3.8, 4) is 0 Å². The fraction of sp³-hybridized carbons (Fsp3) is 0.500. The van der Waals surface area contributed by atoms with E-state index in [4.69, 9.17) is 0 Å². The lowest BCUT2D eigenvalue weighted by atomic mass is 9.71. The molecule has 2 aliphatic carbocycles. The number of hydrogen-bond donors (Lipinski definition) is 0. The smallest absolute Gasteiger partial charge is 0.0345 e. The van der Waals surface area contributed by atoms with Crippen molar-refractivity contribution in [2.75, 3.05) is 0 Å². The highest BCUT2D eigenvalue weighted by Gasteiger charge is 2.45. The molecule has 0 aliphatic heterocycles. The molecule has 2 heteroatoms. The molecule has 0 nitrogen and oxygen atoms in total. The summed E-state index contributed by atoms with van der Waals surface area (Å²) >= 11 is 7.27. The van der Waals surface area contributed by atoms with E-state index >= 15 is 0 Å². The molecule has 0 N–H and O–H groups in total. The average molecular weight is 264 g/mol. The largest absolute Gasteiger partial charge is 0.0872 e. The van der Waals surface area contributed by atoms with Crippen molar-refractivity contribution in [3.63, 3.8) is 0 Å². The van der Waals surface area contributed by atoms with Gasteiger partial charge in [0.25, 0.3) is 0 Å². The van der Waals surface area contributed by atoms with E-state index in [0.717, 1.165) is 11.8 Å². The van der Waals surface area contributed by atoms with Gasteiger partial charge in [-0.25, -0.2) is 0 Å². The first-order valence-electron chi connectivity index (χ1n) is 3.44. The Kier molecular flexibility index (Phi) is 1.77. The number of alkyl halides is 2. The summed E-state index contributed by atoms with van der Waals surface area (Å²) in [5.74, 6) is 1.46. The monoisotopic (exact) mass is 262 g/mol. The minimum Gasteiger partial charge on any atom is -0.0872 e. The van der Waals surface area contributed by atoms with Crippen molar-refractivity contribution in [1.82, 2.24) is 0 Å². The van der Waals surface area contributed by atoms with Gasteiger partial charge in [0, 0.05) is 9.65 Å². The molecule has 0 aromatic carbocycles. The fourth-order valence-corrected chi connectivity index (χ4v) is 3.32. The van der Waals surface area contributed by atoms with E-state index in [1.807, 2.05) is 0 Å². The summed E-state index contributed by atoms with van der Waals surface area (Å²) in [4.78, 5) is 1.28. The molecule has 1 fully saturated rings. The molecule has 0 bridgehead atoms. The highest BCUT2D eigenvalue weighted by molar-refractivity contribution is 9.12. The molecular weight excluding hydrogens is 256 g/mol. The quantitative estimate of drug-likeness (QED) is 0.590. The molecule has 0 spiro atoms. The second kappa shape index (κ2) is 2.49. The van der Waals surface area contributed by atoms with Crippen molar-refractivity contribution in [2.24, 2.45) is 11.8 Å². The standard InChI is InChI=1S/C8H8Br2/c9-7-5-3-1-2-4-6(5)8(7)10/h1-8H/t5?,6?,7-,8-/m1/s1. The zero-order valence-corrected chi connectivity index (χ0v) is 8.55. The van der Waals surface area contributed by atoms with Crippen LogP contribution in [-0.4, -0.2) is 9.65 Å². The lowest BCUT2D eigenvalue weighted by Gasteiger charge is -2.45. The maximum Gasteiger partial charge on any atom is 0.0345 e. The first kappa shape index (κ1) is 7.11. The van der Waals surface area contributed by atoms with Crippen LogP contribution in [0, 0.1) is 11.8 Å². The Morgan fingerprint density at radius 2 is 1.20 bits per heavy atom. The summed E-state index contributed by atoms with van der Waals surface area (Å²) in [7, 11) is 0. The number of allylic oxidation sites excluding steroid dienone is 4. The van der Waals surface area contributed by atoms with Crippen LogP contribution >= 0.6 is 31.9 Å². The highest BCUT2D eigenvalue weighted by Crippen LogP contribution is 2.47. The van der Waals surface area contributed by atoms with Gasteiger partial charge < -0.3 is 0 Å². The molecule has 2 unspecified atom stereocenters. The first-order chi connectivity index (χ1) is 4.80. The Morgan fingerprint density at radius 3 is 1.60 bits per heavy atom. The van der Waals surface area contributed by atoms with Crippen LogP contribution < -0.4 is 0 Å². The van der Waals surface area contributed by atoms with E-state index < -0.39 is 0 Å². The van der Waals surface area contributed by atoms with Crippen molar-refractivity contribution in [1.29, 1.82) is 0 Å². The van der Waals surface area contributed by atoms with E-state index in [2.05, 4.69) is 56.2 Å². The summed E-state index contributed by atoms with van der Waals surface area (Å²) in [5, 5.41) is 0. The van der Waals surface area contributed by atoms with Crippen LogP contribution in [0.1, 0.15) is 0 Å². The average Bonchev–Trinajstić information content (AvgIpc) is 2.03. The minimum atomic E-state index is 0.638. The van der Waals surface area contributed by atoms with Gasteiger partial charge in [0.15, 0.2) is 0 Å². The summed E-state index contributed by atoms with van der Waals surface area (Å²) in [6.07, 6.45) is 8.83. The molecule has 0 heterocycles. The molecule has 10 heavy (non-hydrogen) atoms. The van der Waals surface area contributed by atoms with E-state index in [1.165, 1.54) is 0 Å². The topological polar surface area (TPSA) is 0 Å². The van der Waals surface area contributed by atoms with Gasteiger partial charge in [0.1, 0.15) is 0 Å². The number of fused-ring (bicyclic) bond motifs is 1. The fourth-order valence-electron chi connectivity index (χ4n) is 1.56. The Hall–Kier alpha value is 0.440. The molecule has 2 rings (SSSR count). The van der Waals surface area contributed by atoms with Crippen LogP contribution in [0.3, 0.4) is 0 Å². The zero-order valence-electron chi connectivity index (χ0n) is 5.37. The normalized spacial score (nSPS) is 50.2. The van der Waals surface area contributed by atoms with E-state index in [0.29, 0.717) is 9.65 Å². The maximum absolute atomic E-state index is 3.64. The third-order valence-electron chi connectivity index (χ3n) is 2.26. The van der Waals surface area contributed by atoms with E-state index in [-0.39, 0.29) is 0 Å². The Morgan fingerprint density at radius 1 is 0.800 bits per heavy atom. The molecule has 4 atom stereocenters. The molecule has 0 amide bonds. The lowest BCUT2D eigenvalue weighted by molar-refractivity contribution is 0.323. The van der Waals surface area contributed by atoms with Crippen LogP contribution in [0.4, 0.5) is 0 Å². The lowest BCUT2D eigenvalue weighted by Crippen LogP contribution is -2.47. The second-order valence-corrected chi connectivity index (χ2v) is 4.93. The van der Waals surface area contributed by atoms with Gasteiger partial charge in [0.05, 0.1) is 0 Å². The Labute approximate surface area is 77.6 Å². The molecule has 0 aromatic heterocycles. The zero-order chi connectivity index (χ0) is 7.14. The summed E-state index contributed by atoms with van der Waals surface area (Å²) in [5.41, 5.74) is 0. The van der Waals surface area contributed by atoms with Crippen molar-refractivity contribution < 1.29 is 0 Å². The van der Waals surface area contributed by atoms with Crippen molar-refractivity contribution >= 4 is 31.9 Å². The molecule has 1 saturated carbocycles. The van der Waals surface area contributed by atoms with Crippen LogP contribution in [0.2, 0.25) is 0 Å². The summed E-state index contributed by atoms with van der Waals surface area (Å²) in [6.45, 7) is 0. The molecule has 0 radical (unpaired) electrons. The SMILES string of the molecule is Br[C@@H]1C2C=CC=CC2[C@H]1Br. The Bertz CT molecular complexity index is 173. The van der Waals surface area contributed by atoms with Crippen molar-refractivity contribution in [3.05, 3.63) is 24.3 Å². The van der Waals surface area contributed by atoms with E-state index in [1.54, 1.807) is 0 Å². The third kappa shape index (κ3) is 0.850.